The predicted molar refractivity (Wildman–Crippen MR) is 21.4 cm³/mol. The summed E-state index contributed by atoms with van der Waals surface area (Å²) in [6.07, 6.45) is 6.00. The molecule has 0 aromatic heterocycles. The lowest BCUT2D eigenvalue weighted by molar-refractivity contribution is 1.00. The maximum atomic E-state index is 2.99. The van der Waals surface area contributed by atoms with Gasteiger partial charge in [-0.15, -0.1) is 0 Å². The van der Waals surface area contributed by atoms with Crippen LogP contribution in [0.5, 0.6) is 0 Å². The molecule has 0 atom stereocenters. The number of rotatable bonds is 0. The summed E-state index contributed by atoms with van der Waals surface area (Å²) in [5.74, 6) is 0. The molecule has 1 rings (SSSR count). The van der Waals surface area contributed by atoms with E-state index in [1.807, 2.05) is 12.3 Å². The van der Waals surface area contributed by atoms with Gasteiger partial charge in [0.05, 0.1) is 0 Å². The highest BCUT2D eigenvalue weighted by Crippen LogP contribution is 1.82. The predicted octanol–water partition coefficient (Wildman–Crippen LogP) is 0.308. The van der Waals surface area contributed by atoms with Gasteiger partial charge in [-0.25, -0.2) is 0 Å². The zero-order valence-electron chi connectivity index (χ0n) is 2.94. The Morgan fingerprint density at radius 3 is 2.80 bits per heavy atom. The van der Waals surface area contributed by atoms with E-state index < -0.39 is 0 Å². The van der Waals surface area contributed by atoms with Crippen LogP contribution in [0.1, 0.15) is 0 Å². The van der Waals surface area contributed by atoms with Gasteiger partial charge in [-0.05, 0) is 6.20 Å². The molecule has 0 saturated heterocycles. The first kappa shape index (κ1) is 2.76. The molecular weight excluding hydrogens is 62.1 g/mol. The van der Waals surface area contributed by atoms with E-state index in [4.69, 9.17) is 0 Å². The van der Waals surface area contributed by atoms with Crippen LogP contribution in [-0.2, 0) is 0 Å². The monoisotopic (exact) mass is 68.1 g/mol. The Hall–Kier alpha value is -0.460. The average Bonchev–Trinajstić information content (AvgIpc) is 1.76. The first-order valence-electron chi connectivity index (χ1n) is 1.72. The Kier molecular flexibility index (Phi) is 0.612. The molecule has 5 heavy (non-hydrogen) atoms. The largest absolute Gasteiger partial charge is 0.391 e. The molecule has 1 aliphatic rings. The minimum atomic E-state index is 1.01. The summed E-state index contributed by atoms with van der Waals surface area (Å²) in [5.41, 5.74) is 0. The Morgan fingerprint density at radius 1 is 1.60 bits per heavy atom. The van der Waals surface area contributed by atoms with Crippen molar-refractivity contribution in [3.05, 3.63) is 18.7 Å². The molecule has 1 N–H and O–H groups in total. The smallest absolute Gasteiger partial charge is 0.0211 e. The van der Waals surface area contributed by atoms with Gasteiger partial charge in [-0.2, -0.15) is 0 Å². The number of hydrogen-bond donors (Lipinski definition) is 1. The number of nitrogens with one attached hydrogen (secondary N) is 1. The quantitative estimate of drug-likeness (QED) is 0.430. The Morgan fingerprint density at radius 2 is 2.60 bits per heavy atom. The van der Waals surface area contributed by atoms with Crippen LogP contribution in [0.4, 0.5) is 0 Å². The molecule has 0 aliphatic carbocycles. The summed E-state index contributed by atoms with van der Waals surface area (Å²) < 4.78 is 0. The lowest BCUT2D eigenvalue weighted by atomic mass is 10.5. The van der Waals surface area contributed by atoms with Gasteiger partial charge < -0.3 is 5.32 Å². The zero-order valence-corrected chi connectivity index (χ0v) is 2.94. The molecule has 0 fully saturated rings. The van der Waals surface area contributed by atoms with Crippen molar-refractivity contribution in [1.29, 1.82) is 0 Å². The minimum absolute atomic E-state index is 1.01. The lowest BCUT2D eigenvalue weighted by Gasteiger charge is -1.77. The topological polar surface area (TPSA) is 12.0 Å². The zero-order chi connectivity index (χ0) is 3.54. The third kappa shape index (κ3) is 0.407. The van der Waals surface area contributed by atoms with Gasteiger partial charge in [0.15, 0.2) is 0 Å². The molecule has 0 aromatic rings. The first-order valence-corrected chi connectivity index (χ1v) is 1.72. The second-order valence-electron chi connectivity index (χ2n) is 1.00. The van der Waals surface area contributed by atoms with Crippen LogP contribution in [-0.4, -0.2) is 6.54 Å². The van der Waals surface area contributed by atoms with Crippen LogP contribution in [0.2, 0.25) is 0 Å². The minimum Gasteiger partial charge on any atom is -0.391 e. The second-order valence-corrected chi connectivity index (χ2v) is 1.00. The molecule has 0 amide bonds. The van der Waals surface area contributed by atoms with Crippen molar-refractivity contribution in [2.75, 3.05) is 6.54 Å². The standard InChI is InChI=1S/C4H6N/c1-2-4-5-3-1/h1-3,5H,4H2. The highest BCUT2D eigenvalue weighted by Gasteiger charge is 1.82. The summed E-state index contributed by atoms with van der Waals surface area (Å²) in [6.45, 7) is 1.01. The normalized spacial score (nSPS) is 19.2. The van der Waals surface area contributed by atoms with Gasteiger partial charge in [-0.3, -0.25) is 0 Å². The van der Waals surface area contributed by atoms with Crippen molar-refractivity contribution in [1.82, 2.24) is 5.32 Å². The molecule has 0 spiro atoms. The highest BCUT2D eigenvalue weighted by atomic mass is 14.8. The van der Waals surface area contributed by atoms with E-state index >= 15 is 0 Å². The fourth-order valence-electron chi connectivity index (χ4n) is 0.340. The summed E-state index contributed by atoms with van der Waals surface area (Å²) in [7, 11) is 0. The van der Waals surface area contributed by atoms with Crippen LogP contribution in [0, 0.1) is 6.42 Å². The van der Waals surface area contributed by atoms with Crippen molar-refractivity contribution in [3.63, 3.8) is 0 Å². The van der Waals surface area contributed by atoms with Crippen molar-refractivity contribution in [2.45, 2.75) is 0 Å². The molecule has 0 unspecified atom stereocenters. The molecule has 1 nitrogen and oxygen atoms in total. The molecular formula is C4H6N. The Labute approximate surface area is 31.7 Å². The molecule has 1 heterocycles. The van der Waals surface area contributed by atoms with E-state index in [0.717, 1.165) is 6.54 Å². The van der Waals surface area contributed by atoms with E-state index in [1.165, 1.54) is 0 Å². The highest BCUT2D eigenvalue weighted by molar-refractivity contribution is 5.01. The molecule has 27 valence electrons. The van der Waals surface area contributed by atoms with E-state index in [0.29, 0.717) is 0 Å². The van der Waals surface area contributed by atoms with Gasteiger partial charge in [0.1, 0.15) is 0 Å². The lowest BCUT2D eigenvalue weighted by Crippen LogP contribution is -1.97. The van der Waals surface area contributed by atoms with E-state index in [-0.39, 0.29) is 0 Å². The average molecular weight is 68.1 g/mol. The van der Waals surface area contributed by atoms with Crippen LogP contribution in [0.3, 0.4) is 0 Å². The van der Waals surface area contributed by atoms with Gasteiger partial charge in [0, 0.05) is 13.0 Å². The van der Waals surface area contributed by atoms with Crippen molar-refractivity contribution >= 4 is 0 Å². The van der Waals surface area contributed by atoms with Gasteiger partial charge in [-0.1, -0.05) is 6.08 Å². The maximum absolute atomic E-state index is 2.99. The van der Waals surface area contributed by atoms with Crippen LogP contribution >= 0.6 is 0 Å². The molecule has 1 heteroatoms. The Balaban J connectivity index is 2.32. The molecule has 0 saturated carbocycles. The summed E-state index contributed by atoms with van der Waals surface area (Å²) in [5, 5.41) is 2.99. The fourth-order valence-corrected chi connectivity index (χ4v) is 0.340. The van der Waals surface area contributed by atoms with Crippen molar-refractivity contribution in [3.8, 4) is 0 Å². The maximum Gasteiger partial charge on any atom is 0.0211 e. The molecule has 0 bridgehead atoms. The summed E-state index contributed by atoms with van der Waals surface area (Å²) >= 11 is 0. The third-order valence-electron chi connectivity index (χ3n) is 0.586. The van der Waals surface area contributed by atoms with E-state index in [9.17, 15) is 0 Å². The number of hydrogen-bond acceptors (Lipinski definition) is 1. The molecule has 1 aliphatic heterocycles. The fraction of sp³-hybridized carbons (Fsp3) is 0.250. The van der Waals surface area contributed by atoms with Gasteiger partial charge in [0.2, 0.25) is 0 Å². The molecule has 0 aromatic carbocycles. The Bertz CT molecular complexity index is 41.6. The van der Waals surface area contributed by atoms with Gasteiger partial charge in [0.25, 0.3) is 0 Å². The van der Waals surface area contributed by atoms with Crippen LogP contribution in [0.15, 0.2) is 12.3 Å². The SMILES string of the molecule is [CH]1C=CNC1. The first-order chi connectivity index (χ1) is 2.50. The van der Waals surface area contributed by atoms with Crippen LogP contribution < -0.4 is 5.32 Å². The van der Waals surface area contributed by atoms with Crippen LogP contribution in [0.25, 0.3) is 0 Å². The second kappa shape index (κ2) is 1.11. The van der Waals surface area contributed by atoms with Crippen molar-refractivity contribution < 1.29 is 0 Å². The van der Waals surface area contributed by atoms with Gasteiger partial charge >= 0.3 is 0 Å². The van der Waals surface area contributed by atoms with E-state index in [1.54, 1.807) is 0 Å². The summed E-state index contributed by atoms with van der Waals surface area (Å²) in [4.78, 5) is 0. The third-order valence-corrected chi connectivity index (χ3v) is 0.586. The summed E-state index contributed by atoms with van der Waals surface area (Å²) in [6, 6.07) is 0. The van der Waals surface area contributed by atoms with E-state index in [2.05, 4.69) is 11.7 Å². The molecule has 1 radical (unpaired) electrons. The van der Waals surface area contributed by atoms with Crippen molar-refractivity contribution in [2.24, 2.45) is 0 Å².